The predicted octanol–water partition coefficient (Wildman–Crippen LogP) is 3.52. The Kier molecular flexibility index (Phi) is 6.86. The monoisotopic (exact) mass is 449 g/mol. The van der Waals surface area contributed by atoms with E-state index in [1.165, 1.54) is 4.90 Å². The number of amides is 4. The zero-order valence-corrected chi connectivity index (χ0v) is 19.9. The third kappa shape index (κ3) is 5.97. The molecule has 33 heavy (non-hydrogen) atoms. The number of nitrogens with one attached hydrogen (secondary N) is 3. The Balaban J connectivity index is 1.91. The van der Waals surface area contributed by atoms with E-state index in [9.17, 15) is 14.4 Å². The van der Waals surface area contributed by atoms with Crippen molar-refractivity contribution < 1.29 is 14.4 Å². The second-order valence-electron chi connectivity index (χ2n) is 9.28. The minimum absolute atomic E-state index is 0.186. The zero-order valence-electron chi connectivity index (χ0n) is 19.9. The van der Waals surface area contributed by atoms with Gasteiger partial charge < -0.3 is 16.0 Å². The van der Waals surface area contributed by atoms with Crippen LogP contribution in [0, 0.1) is 13.8 Å². The summed E-state index contributed by atoms with van der Waals surface area (Å²) in [6.07, 6.45) is -1.18. The number of aliphatic imine (C=N–C) groups is 1. The number of nitrogens with zero attached hydrogens (tertiary/aromatic N) is 2. The highest BCUT2D eigenvalue weighted by Crippen LogP contribution is 2.29. The lowest BCUT2D eigenvalue weighted by Crippen LogP contribution is -2.53. The lowest BCUT2D eigenvalue weighted by molar-refractivity contribution is -0.125. The summed E-state index contributed by atoms with van der Waals surface area (Å²) in [6, 6.07) is 12.4. The Labute approximate surface area is 194 Å². The molecule has 1 aliphatic rings. The maximum Gasteiger partial charge on any atom is 0.321 e. The van der Waals surface area contributed by atoms with Gasteiger partial charge in [-0.05, 0) is 64.8 Å². The molecule has 3 rings (SSSR count). The summed E-state index contributed by atoms with van der Waals surface area (Å²) >= 11 is 0. The van der Waals surface area contributed by atoms with E-state index in [4.69, 9.17) is 0 Å². The molecule has 1 atom stereocenters. The van der Waals surface area contributed by atoms with Crippen LogP contribution < -0.4 is 20.9 Å². The largest absolute Gasteiger partial charge is 0.350 e. The Morgan fingerprint density at radius 2 is 1.76 bits per heavy atom. The predicted molar refractivity (Wildman–Crippen MR) is 131 cm³/mol. The highest BCUT2D eigenvalue weighted by molar-refractivity contribution is 6.14. The Morgan fingerprint density at radius 1 is 1.06 bits per heavy atom. The molecule has 0 fully saturated rings. The van der Waals surface area contributed by atoms with Gasteiger partial charge in [-0.15, -0.1) is 0 Å². The number of para-hydroxylation sites is 1. The first-order valence-electron chi connectivity index (χ1n) is 10.9. The van der Waals surface area contributed by atoms with E-state index in [2.05, 4.69) is 20.9 Å². The summed E-state index contributed by atoms with van der Waals surface area (Å²) in [5.41, 5.74) is 3.96. The van der Waals surface area contributed by atoms with Gasteiger partial charge in [0.1, 0.15) is 6.54 Å². The van der Waals surface area contributed by atoms with Crippen LogP contribution in [0.1, 0.15) is 44.4 Å². The normalized spacial score (nSPS) is 15.8. The van der Waals surface area contributed by atoms with Gasteiger partial charge in [-0.2, -0.15) is 0 Å². The molecule has 0 spiro atoms. The minimum Gasteiger partial charge on any atom is -0.350 e. The fraction of sp³-hybridized carbons (Fsp3) is 0.360. The van der Waals surface area contributed by atoms with Gasteiger partial charge >= 0.3 is 6.03 Å². The van der Waals surface area contributed by atoms with Crippen molar-refractivity contribution >= 4 is 34.9 Å². The molecule has 4 amide bonds. The number of fused-ring (bicyclic) bond motifs is 1. The van der Waals surface area contributed by atoms with Crippen LogP contribution in [0.3, 0.4) is 0 Å². The lowest BCUT2D eigenvalue weighted by atomic mass is 10.0. The molecule has 0 saturated heterocycles. The molecular weight excluding hydrogens is 418 g/mol. The van der Waals surface area contributed by atoms with Crippen LogP contribution in [0.2, 0.25) is 0 Å². The van der Waals surface area contributed by atoms with Crippen molar-refractivity contribution in [3.05, 3.63) is 59.2 Å². The number of hydrogen-bond donors (Lipinski definition) is 3. The van der Waals surface area contributed by atoms with Crippen molar-refractivity contribution in [2.45, 2.75) is 53.2 Å². The van der Waals surface area contributed by atoms with Crippen LogP contribution in [0.4, 0.5) is 16.2 Å². The maximum absolute atomic E-state index is 13.5. The van der Waals surface area contributed by atoms with Crippen molar-refractivity contribution in [1.29, 1.82) is 0 Å². The molecule has 0 aromatic heterocycles. The van der Waals surface area contributed by atoms with Crippen molar-refractivity contribution in [2.24, 2.45) is 4.99 Å². The van der Waals surface area contributed by atoms with Crippen molar-refractivity contribution in [3.8, 4) is 0 Å². The van der Waals surface area contributed by atoms with Gasteiger partial charge in [-0.1, -0.05) is 30.3 Å². The van der Waals surface area contributed by atoms with Crippen LogP contribution in [0.25, 0.3) is 0 Å². The molecule has 0 unspecified atom stereocenters. The molecule has 1 aliphatic heterocycles. The van der Waals surface area contributed by atoms with Gasteiger partial charge in [0.15, 0.2) is 0 Å². The minimum atomic E-state index is -1.18. The van der Waals surface area contributed by atoms with Crippen molar-refractivity contribution in [2.75, 3.05) is 16.8 Å². The van der Waals surface area contributed by atoms with E-state index in [0.717, 1.165) is 16.7 Å². The first-order valence-corrected chi connectivity index (χ1v) is 10.9. The molecule has 0 saturated carbocycles. The van der Waals surface area contributed by atoms with Crippen LogP contribution in [0.5, 0.6) is 0 Å². The van der Waals surface area contributed by atoms with Gasteiger partial charge in [0.25, 0.3) is 5.91 Å². The van der Waals surface area contributed by atoms with Gasteiger partial charge in [0.05, 0.1) is 5.69 Å². The number of urea groups is 1. The number of rotatable bonds is 4. The molecule has 3 N–H and O–H groups in total. The molecule has 1 heterocycles. The van der Waals surface area contributed by atoms with Crippen molar-refractivity contribution in [3.63, 3.8) is 0 Å². The molecule has 0 aliphatic carbocycles. The number of carbonyl (C=O) groups is 3. The maximum atomic E-state index is 13.5. The quantitative estimate of drug-likeness (QED) is 0.665. The topological polar surface area (TPSA) is 103 Å². The van der Waals surface area contributed by atoms with E-state index in [0.29, 0.717) is 17.1 Å². The Bertz CT molecular complexity index is 1120. The molecule has 8 nitrogen and oxygen atoms in total. The number of hydrogen-bond acceptors (Lipinski definition) is 4. The second kappa shape index (κ2) is 9.44. The lowest BCUT2D eigenvalue weighted by Gasteiger charge is -2.28. The number of carbonyl (C=O) groups excluding carboxylic acids is 3. The first kappa shape index (κ1) is 24.0. The summed E-state index contributed by atoms with van der Waals surface area (Å²) in [7, 11) is 0. The first-order chi connectivity index (χ1) is 15.4. The molecule has 8 heteroatoms. The van der Waals surface area contributed by atoms with Crippen LogP contribution in [0.15, 0.2) is 47.5 Å². The summed E-state index contributed by atoms with van der Waals surface area (Å²) in [4.78, 5) is 44.9. The summed E-state index contributed by atoms with van der Waals surface area (Å²) < 4.78 is 0. The molecule has 0 bridgehead atoms. The average molecular weight is 450 g/mol. The summed E-state index contributed by atoms with van der Waals surface area (Å²) in [5, 5.41) is 8.28. The molecule has 2 aromatic rings. The second-order valence-corrected chi connectivity index (χ2v) is 9.28. The highest BCUT2D eigenvalue weighted by Gasteiger charge is 2.34. The number of benzodiazepines with no additional fused rings is 1. The van der Waals surface area contributed by atoms with E-state index in [1.807, 2.05) is 71.0 Å². The van der Waals surface area contributed by atoms with Crippen LogP contribution >= 0.6 is 0 Å². The van der Waals surface area contributed by atoms with E-state index in [-0.39, 0.29) is 12.5 Å². The van der Waals surface area contributed by atoms with E-state index in [1.54, 1.807) is 13.0 Å². The van der Waals surface area contributed by atoms with E-state index >= 15 is 0 Å². The fourth-order valence-corrected chi connectivity index (χ4v) is 3.75. The highest BCUT2D eigenvalue weighted by atomic mass is 16.2. The number of anilines is 2. The van der Waals surface area contributed by atoms with Gasteiger partial charge in [-0.25, -0.2) is 4.79 Å². The SMILES string of the molecule is CC1=N[C@@H](NC(=O)Nc2cccc(C)c2)C(=O)N(CC(=O)NC(C)(C)C)c2c(C)cccc21. The Hall–Kier alpha value is -3.68. The van der Waals surface area contributed by atoms with Gasteiger partial charge in [-0.3, -0.25) is 19.5 Å². The smallest absolute Gasteiger partial charge is 0.321 e. The standard InChI is InChI=1S/C25H31N5O3/c1-15-9-7-11-18(13-15)27-24(33)28-22-23(32)30(14-20(31)29-25(4,5)6)21-16(2)10-8-12-19(21)17(3)26-22/h7-13,22H,14H2,1-6H3,(H,29,31)(H2,27,28,33)/t22-/m0/s1. The third-order valence-corrected chi connectivity index (χ3v) is 5.08. The zero-order chi connectivity index (χ0) is 24.3. The van der Waals surface area contributed by atoms with Gasteiger partial charge in [0.2, 0.25) is 12.1 Å². The summed E-state index contributed by atoms with van der Waals surface area (Å²) in [6.45, 7) is 11.0. The van der Waals surface area contributed by atoms with Gasteiger partial charge in [0, 0.05) is 22.5 Å². The number of aryl methyl sites for hydroxylation is 2. The molecule has 0 radical (unpaired) electrons. The number of benzene rings is 2. The van der Waals surface area contributed by atoms with Crippen LogP contribution in [-0.4, -0.2) is 41.8 Å². The third-order valence-electron chi connectivity index (χ3n) is 5.08. The van der Waals surface area contributed by atoms with E-state index < -0.39 is 23.6 Å². The van der Waals surface area contributed by atoms with Crippen LogP contribution in [-0.2, 0) is 9.59 Å². The molecule has 174 valence electrons. The summed E-state index contributed by atoms with van der Waals surface area (Å²) in [5.74, 6) is -0.779. The average Bonchev–Trinajstić information content (AvgIpc) is 2.78. The molecular formula is C25H31N5O3. The Morgan fingerprint density at radius 3 is 2.42 bits per heavy atom. The molecule has 2 aromatic carbocycles. The van der Waals surface area contributed by atoms with Crippen molar-refractivity contribution in [1.82, 2.24) is 10.6 Å². The fourth-order valence-electron chi connectivity index (χ4n) is 3.75.